The minimum atomic E-state index is -4.36. The second-order valence-electron chi connectivity index (χ2n) is 5.88. The SMILES string of the molecule is FC(F)(F)c1cccc(NC(/C=C/c2ccccc2)c2ccccc2)c1. The van der Waals surface area contributed by atoms with Crippen LogP contribution in [0, 0.1) is 0 Å². The first kappa shape index (κ1) is 17.8. The zero-order valence-corrected chi connectivity index (χ0v) is 13.9. The lowest BCUT2D eigenvalue weighted by Crippen LogP contribution is -2.10. The van der Waals surface area contributed by atoms with Gasteiger partial charge in [-0.1, -0.05) is 78.9 Å². The van der Waals surface area contributed by atoms with Crippen molar-refractivity contribution in [3.05, 3.63) is 108 Å². The largest absolute Gasteiger partial charge is 0.416 e. The summed E-state index contributed by atoms with van der Waals surface area (Å²) in [6.45, 7) is 0. The Morgan fingerprint density at radius 1 is 0.769 bits per heavy atom. The highest BCUT2D eigenvalue weighted by atomic mass is 19.4. The monoisotopic (exact) mass is 353 g/mol. The second-order valence-corrected chi connectivity index (χ2v) is 5.88. The average molecular weight is 353 g/mol. The summed E-state index contributed by atoms with van der Waals surface area (Å²) in [4.78, 5) is 0. The van der Waals surface area contributed by atoms with Crippen molar-refractivity contribution in [1.29, 1.82) is 0 Å². The minimum absolute atomic E-state index is 0.250. The van der Waals surface area contributed by atoms with E-state index >= 15 is 0 Å². The van der Waals surface area contributed by atoms with Crippen molar-refractivity contribution in [3.63, 3.8) is 0 Å². The third kappa shape index (κ3) is 4.76. The Hall–Kier alpha value is -3.01. The quantitative estimate of drug-likeness (QED) is 0.547. The van der Waals surface area contributed by atoms with E-state index in [1.54, 1.807) is 6.07 Å². The average Bonchev–Trinajstić information content (AvgIpc) is 2.66. The van der Waals surface area contributed by atoms with Crippen LogP contribution in [-0.2, 0) is 6.18 Å². The fourth-order valence-electron chi connectivity index (χ4n) is 2.64. The van der Waals surface area contributed by atoms with Crippen LogP contribution in [0.2, 0.25) is 0 Å². The first-order valence-electron chi connectivity index (χ1n) is 8.24. The van der Waals surface area contributed by atoms with Crippen LogP contribution in [0.3, 0.4) is 0 Å². The zero-order valence-electron chi connectivity index (χ0n) is 13.9. The van der Waals surface area contributed by atoms with E-state index in [1.165, 1.54) is 6.07 Å². The highest BCUT2D eigenvalue weighted by Crippen LogP contribution is 2.32. The first-order chi connectivity index (χ1) is 12.5. The van der Waals surface area contributed by atoms with Gasteiger partial charge in [0.1, 0.15) is 0 Å². The van der Waals surface area contributed by atoms with E-state index in [0.29, 0.717) is 5.69 Å². The number of nitrogens with one attached hydrogen (secondary N) is 1. The second kappa shape index (κ2) is 7.91. The highest BCUT2D eigenvalue weighted by Gasteiger charge is 2.30. The van der Waals surface area contributed by atoms with Gasteiger partial charge in [-0.15, -0.1) is 0 Å². The number of halogens is 3. The molecule has 3 rings (SSSR count). The molecule has 1 N–H and O–H groups in total. The van der Waals surface area contributed by atoms with E-state index in [0.717, 1.165) is 23.3 Å². The van der Waals surface area contributed by atoms with E-state index in [-0.39, 0.29) is 6.04 Å². The molecule has 0 fully saturated rings. The number of benzene rings is 3. The summed E-state index contributed by atoms with van der Waals surface area (Å²) >= 11 is 0. The molecule has 0 saturated heterocycles. The molecule has 1 nitrogen and oxygen atoms in total. The van der Waals surface area contributed by atoms with Crippen LogP contribution in [0.4, 0.5) is 18.9 Å². The van der Waals surface area contributed by atoms with E-state index in [1.807, 2.05) is 72.8 Å². The Morgan fingerprint density at radius 2 is 1.42 bits per heavy atom. The van der Waals surface area contributed by atoms with Crippen LogP contribution in [0.15, 0.2) is 91.0 Å². The van der Waals surface area contributed by atoms with Crippen molar-refractivity contribution in [3.8, 4) is 0 Å². The predicted octanol–water partition coefficient (Wildman–Crippen LogP) is 6.57. The van der Waals surface area contributed by atoms with Crippen LogP contribution < -0.4 is 5.32 Å². The van der Waals surface area contributed by atoms with Crippen molar-refractivity contribution < 1.29 is 13.2 Å². The Bertz CT molecular complexity index is 855. The van der Waals surface area contributed by atoms with E-state index in [4.69, 9.17) is 0 Å². The maximum absolute atomic E-state index is 13.0. The number of hydrogen-bond donors (Lipinski definition) is 1. The predicted molar refractivity (Wildman–Crippen MR) is 99.7 cm³/mol. The summed E-state index contributed by atoms with van der Waals surface area (Å²) < 4.78 is 38.9. The molecule has 132 valence electrons. The topological polar surface area (TPSA) is 12.0 Å². The normalized spacial score (nSPS) is 12.9. The number of alkyl halides is 3. The van der Waals surface area contributed by atoms with Gasteiger partial charge in [0.15, 0.2) is 0 Å². The maximum atomic E-state index is 13.0. The fraction of sp³-hybridized carbons (Fsp3) is 0.0909. The molecule has 0 amide bonds. The highest BCUT2D eigenvalue weighted by molar-refractivity contribution is 5.55. The van der Waals surface area contributed by atoms with Crippen LogP contribution in [0.25, 0.3) is 6.08 Å². The molecule has 0 aromatic heterocycles. The molecular weight excluding hydrogens is 335 g/mol. The first-order valence-corrected chi connectivity index (χ1v) is 8.24. The lowest BCUT2D eigenvalue weighted by Gasteiger charge is -2.18. The van der Waals surface area contributed by atoms with Gasteiger partial charge in [-0.2, -0.15) is 13.2 Å². The van der Waals surface area contributed by atoms with Gasteiger partial charge in [-0.3, -0.25) is 0 Å². The number of rotatable bonds is 5. The van der Waals surface area contributed by atoms with Gasteiger partial charge >= 0.3 is 6.18 Å². The lowest BCUT2D eigenvalue weighted by molar-refractivity contribution is -0.137. The van der Waals surface area contributed by atoms with Gasteiger partial charge in [-0.25, -0.2) is 0 Å². The Morgan fingerprint density at radius 3 is 2.08 bits per heavy atom. The molecule has 0 saturated carbocycles. The molecule has 1 unspecified atom stereocenters. The smallest absolute Gasteiger partial charge is 0.375 e. The molecule has 0 aliphatic rings. The summed E-state index contributed by atoms with van der Waals surface area (Å²) in [5, 5.41) is 3.19. The molecule has 3 aromatic rings. The van der Waals surface area contributed by atoms with Gasteiger partial charge in [0, 0.05) is 5.69 Å². The summed E-state index contributed by atoms with van der Waals surface area (Å²) in [5.74, 6) is 0. The fourth-order valence-corrected chi connectivity index (χ4v) is 2.64. The molecule has 0 heterocycles. The zero-order chi connectivity index (χ0) is 18.4. The molecular formula is C22H18F3N. The van der Waals surface area contributed by atoms with Gasteiger partial charge in [0.25, 0.3) is 0 Å². The molecule has 3 aromatic carbocycles. The molecule has 0 radical (unpaired) electrons. The molecule has 4 heteroatoms. The van der Waals surface area contributed by atoms with Gasteiger partial charge in [0.05, 0.1) is 11.6 Å². The van der Waals surface area contributed by atoms with Gasteiger partial charge < -0.3 is 5.32 Å². The Kier molecular flexibility index (Phi) is 5.42. The van der Waals surface area contributed by atoms with Gasteiger partial charge in [-0.05, 0) is 29.3 Å². The molecule has 0 spiro atoms. The third-order valence-electron chi connectivity index (χ3n) is 3.95. The van der Waals surface area contributed by atoms with E-state index < -0.39 is 11.7 Å². The van der Waals surface area contributed by atoms with Crippen molar-refractivity contribution in [2.75, 3.05) is 5.32 Å². The van der Waals surface area contributed by atoms with Crippen molar-refractivity contribution in [1.82, 2.24) is 0 Å². The molecule has 0 aliphatic heterocycles. The number of anilines is 1. The molecule has 0 bridgehead atoms. The Labute approximate surface area is 150 Å². The van der Waals surface area contributed by atoms with E-state index in [2.05, 4.69) is 5.32 Å². The summed E-state index contributed by atoms with van der Waals surface area (Å²) in [5.41, 5.74) is 1.75. The maximum Gasteiger partial charge on any atom is 0.416 e. The van der Waals surface area contributed by atoms with Crippen molar-refractivity contribution >= 4 is 11.8 Å². The number of hydrogen-bond acceptors (Lipinski definition) is 1. The molecule has 1 atom stereocenters. The van der Waals surface area contributed by atoms with Crippen molar-refractivity contribution in [2.45, 2.75) is 12.2 Å². The molecule has 26 heavy (non-hydrogen) atoms. The summed E-state index contributed by atoms with van der Waals surface area (Å²) in [6.07, 6.45) is -0.455. The third-order valence-corrected chi connectivity index (χ3v) is 3.95. The van der Waals surface area contributed by atoms with Crippen molar-refractivity contribution in [2.24, 2.45) is 0 Å². The van der Waals surface area contributed by atoms with Gasteiger partial charge in [0.2, 0.25) is 0 Å². The van der Waals surface area contributed by atoms with Crippen LogP contribution in [0.1, 0.15) is 22.7 Å². The lowest BCUT2D eigenvalue weighted by atomic mass is 10.0. The summed E-state index contributed by atoms with van der Waals surface area (Å²) in [7, 11) is 0. The minimum Gasteiger partial charge on any atom is -0.375 e. The van der Waals surface area contributed by atoms with Crippen LogP contribution in [0.5, 0.6) is 0 Å². The standard InChI is InChI=1S/C22H18F3N/c23-22(24,25)19-12-7-13-20(16-19)26-21(18-10-5-2-6-11-18)15-14-17-8-3-1-4-9-17/h1-16,21,26H/b15-14+. The Balaban J connectivity index is 1.88. The molecule has 0 aliphatic carbocycles. The van der Waals surface area contributed by atoms with E-state index in [9.17, 15) is 13.2 Å². The van der Waals surface area contributed by atoms with Crippen LogP contribution in [-0.4, -0.2) is 0 Å². The van der Waals surface area contributed by atoms with Crippen LogP contribution >= 0.6 is 0 Å². The summed E-state index contributed by atoms with van der Waals surface area (Å²) in [6, 6.07) is 24.4.